The number of halogens is 2. The summed E-state index contributed by atoms with van der Waals surface area (Å²) in [5.74, 6) is 0.582. The van der Waals surface area contributed by atoms with Crippen molar-refractivity contribution in [3.63, 3.8) is 0 Å². The summed E-state index contributed by atoms with van der Waals surface area (Å²) >= 11 is 3.35. The van der Waals surface area contributed by atoms with Crippen molar-refractivity contribution in [2.75, 3.05) is 6.54 Å². The zero-order valence-corrected chi connectivity index (χ0v) is 12.3. The highest BCUT2D eigenvalue weighted by molar-refractivity contribution is 9.10. The topological polar surface area (TPSA) is 42.7 Å². The van der Waals surface area contributed by atoms with Gasteiger partial charge in [-0.2, -0.15) is 5.10 Å². The summed E-state index contributed by atoms with van der Waals surface area (Å²) in [6, 6.07) is 4.90. The lowest BCUT2D eigenvalue weighted by atomic mass is 10.2. The van der Waals surface area contributed by atoms with E-state index in [-0.39, 0.29) is 5.82 Å². The van der Waals surface area contributed by atoms with Crippen LogP contribution in [0.25, 0.3) is 0 Å². The predicted octanol–water partition coefficient (Wildman–Crippen LogP) is 2.73. The second-order valence-corrected chi connectivity index (χ2v) is 5.16. The maximum atomic E-state index is 13.7. The van der Waals surface area contributed by atoms with Gasteiger partial charge in [-0.15, -0.1) is 0 Å². The fourth-order valence-corrected chi connectivity index (χ4v) is 2.17. The van der Waals surface area contributed by atoms with Crippen molar-refractivity contribution in [2.45, 2.75) is 26.4 Å². The standard InChI is InChI=1S/C13H16BrFN4/c1-2-5-16-7-13-17-9-18-19(13)8-10-6-11(14)3-4-12(10)15/h3-4,6,9,16H,2,5,7-8H2,1H3. The average Bonchev–Trinajstić information content (AvgIpc) is 2.82. The molecule has 0 saturated carbocycles. The van der Waals surface area contributed by atoms with Crippen molar-refractivity contribution < 1.29 is 4.39 Å². The van der Waals surface area contributed by atoms with Crippen LogP contribution in [-0.2, 0) is 13.1 Å². The minimum absolute atomic E-state index is 0.230. The van der Waals surface area contributed by atoms with Crippen molar-refractivity contribution in [1.82, 2.24) is 20.1 Å². The quantitative estimate of drug-likeness (QED) is 0.830. The lowest BCUT2D eigenvalue weighted by Gasteiger charge is -2.08. The van der Waals surface area contributed by atoms with Gasteiger partial charge in [0.25, 0.3) is 0 Å². The molecule has 2 aromatic rings. The SMILES string of the molecule is CCCNCc1ncnn1Cc1cc(Br)ccc1F. The highest BCUT2D eigenvalue weighted by Crippen LogP contribution is 2.16. The van der Waals surface area contributed by atoms with Crippen LogP contribution in [0.5, 0.6) is 0 Å². The molecule has 4 nitrogen and oxygen atoms in total. The Morgan fingerprint density at radius 2 is 2.26 bits per heavy atom. The summed E-state index contributed by atoms with van der Waals surface area (Å²) in [7, 11) is 0. The summed E-state index contributed by atoms with van der Waals surface area (Å²) in [5, 5.41) is 7.41. The predicted molar refractivity (Wildman–Crippen MR) is 75.2 cm³/mol. The molecule has 0 fully saturated rings. The Hall–Kier alpha value is -1.27. The van der Waals surface area contributed by atoms with E-state index in [9.17, 15) is 4.39 Å². The van der Waals surface area contributed by atoms with Crippen LogP contribution in [0.1, 0.15) is 24.7 Å². The largest absolute Gasteiger partial charge is 0.310 e. The summed E-state index contributed by atoms with van der Waals surface area (Å²) in [6.45, 7) is 4.06. The van der Waals surface area contributed by atoms with E-state index in [0.29, 0.717) is 18.7 Å². The number of rotatable bonds is 6. The van der Waals surface area contributed by atoms with E-state index >= 15 is 0 Å². The Morgan fingerprint density at radius 1 is 1.42 bits per heavy atom. The van der Waals surface area contributed by atoms with E-state index in [1.807, 2.05) is 0 Å². The normalized spacial score (nSPS) is 10.9. The lowest BCUT2D eigenvalue weighted by Crippen LogP contribution is -2.18. The number of nitrogens with zero attached hydrogens (tertiary/aromatic N) is 3. The zero-order chi connectivity index (χ0) is 13.7. The highest BCUT2D eigenvalue weighted by Gasteiger charge is 2.08. The Morgan fingerprint density at radius 3 is 3.05 bits per heavy atom. The fraction of sp³-hybridized carbons (Fsp3) is 0.385. The molecule has 0 radical (unpaired) electrons. The van der Waals surface area contributed by atoms with Crippen LogP contribution in [0.4, 0.5) is 4.39 Å². The Labute approximate surface area is 120 Å². The molecule has 6 heteroatoms. The summed E-state index contributed by atoms with van der Waals surface area (Å²) < 4.78 is 16.3. The van der Waals surface area contributed by atoms with Gasteiger partial charge in [-0.1, -0.05) is 22.9 Å². The second kappa shape index (κ2) is 6.77. The van der Waals surface area contributed by atoms with Crippen molar-refractivity contribution in [1.29, 1.82) is 0 Å². The molecular weight excluding hydrogens is 311 g/mol. The van der Waals surface area contributed by atoms with Crippen molar-refractivity contribution in [3.8, 4) is 0 Å². The molecule has 0 atom stereocenters. The Kier molecular flexibility index (Phi) is 5.04. The van der Waals surface area contributed by atoms with Crippen LogP contribution < -0.4 is 5.32 Å². The van der Waals surface area contributed by atoms with E-state index in [1.165, 1.54) is 12.4 Å². The first-order valence-electron chi connectivity index (χ1n) is 6.22. The molecule has 19 heavy (non-hydrogen) atoms. The van der Waals surface area contributed by atoms with Crippen LogP contribution in [0.15, 0.2) is 29.0 Å². The van der Waals surface area contributed by atoms with Gasteiger partial charge in [0.1, 0.15) is 18.0 Å². The van der Waals surface area contributed by atoms with Gasteiger partial charge >= 0.3 is 0 Å². The second-order valence-electron chi connectivity index (χ2n) is 4.25. The first kappa shape index (κ1) is 14.1. The van der Waals surface area contributed by atoms with Gasteiger partial charge < -0.3 is 5.32 Å². The lowest BCUT2D eigenvalue weighted by molar-refractivity contribution is 0.554. The zero-order valence-electron chi connectivity index (χ0n) is 10.7. The van der Waals surface area contributed by atoms with Crippen LogP contribution >= 0.6 is 15.9 Å². The maximum Gasteiger partial charge on any atom is 0.141 e. The summed E-state index contributed by atoms with van der Waals surface area (Å²) in [4.78, 5) is 4.19. The van der Waals surface area contributed by atoms with Gasteiger partial charge in [0.15, 0.2) is 0 Å². The molecule has 0 aliphatic carbocycles. The molecular formula is C13H16BrFN4. The van der Waals surface area contributed by atoms with Gasteiger partial charge in [-0.25, -0.2) is 14.1 Å². The first-order chi connectivity index (χ1) is 9.20. The molecule has 2 rings (SSSR count). The molecule has 0 spiro atoms. The third kappa shape index (κ3) is 3.84. The van der Waals surface area contributed by atoms with Gasteiger partial charge in [-0.3, -0.25) is 0 Å². The van der Waals surface area contributed by atoms with Crippen LogP contribution in [0.2, 0.25) is 0 Å². The molecule has 0 amide bonds. The maximum absolute atomic E-state index is 13.7. The molecule has 0 saturated heterocycles. The molecule has 1 heterocycles. The smallest absolute Gasteiger partial charge is 0.141 e. The first-order valence-corrected chi connectivity index (χ1v) is 7.01. The molecule has 0 aliphatic heterocycles. The average molecular weight is 327 g/mol. The number of nitrogens with one attached hydrogen (secondary N) is 1. The minimum Gasteiger partial charge on any atom is -0.310 e. The molecule has 0 bridgehead atoms. The monoisotopic (exact) mass is 326 g/mol. The molecule has 1 aromatic heterocycles. The van der Waals surface area contributed by atoms with Crippen LogP contribution in [-0.4, -0.2) is 21.3 Å². The van der Waals surface area contributed by atoms with E-state index < -0.39 is 0 Å². The van der Waals surface area contributed by atoms with Gasteiger partial charge in [0.2, 0.25) is 0 Å². The Bertz CT molecular complexity index is 541. The van der Waals surface area contributed by atoms with Crippen molar-refractivity contribution in [3.05, 3.63) is 46.2 Å². The van der Waals surface area contributed by atoms with E-state index in [1.54, 1.807) is 16.8 Å². The molecule has 0 unspecified atom stereocenters. The van der Waals surface area contributed by atoms with Crippen LogP contribution in [0, 0.1) is 5.82 Å². The number of benzene rings is 1. The molecule has 1 N–H and O–H groups in total. The number of hydrogen-bond donors (Lipinski definition) is 1. The van der Waals surface area contributed by atoms with E-state index in [4.69, 9.17) is 0 Å². The highest BCUT2D eigenvalue weighted by atomic mass is 79.9. The van der Waals surface area contributed by atoms with Crippen molar-refractivity contribution in [2.24, 2.45) is 0 Å². The van der Waals surface area contributed by atoms with E-state index in [2.05, 4.69) is 38.3 Å². The minimum atomic E-state index is -0.230. The van der Waals surface area contributed by atoms with Gasteiger partial charge in [-0.05, 0) is 31.2 Å². The van der Waals surface area contributed by atoms with E-state index in [0.717, 1.165) is 23.3 Å². The molecule has 102 valence electrons. The number of hydrogen-bond acceptors (Lipinski definition) is 3. The summed E-state index contributed by atoms with van der Waals surface area (Å²) in [6.07, 6.45) is 2.56. The van der Waals surface area contributed by atoms with Crippen molar-refractivity contribution >= 4 is 15.9 Å². The summed E-state index contributed by atoms with van der Waals surface area (Å²) in [5.41, 5.74) is 0.594. The Balaban J connectivity index is 2.10. The van der Waals surface area contributed by atoms with Crippen LogP contribution in [0.3, 0.4) is 0 Å². The van der Waals surface area contributed by atoms with Gasteiger partial charge in [0, 0.05) is 10.0 Å². The third-order valence-electron chi connectivity index (χ3n) is 2.73. The fourth-order valence-electron chi connectivity index (χ4n) is 1.76. The molecule has 0 aliphatic rings. The van der Waals surface area contributed by atoms with Gasteiger partial charge in [0.05, 0.1) is 13.1 Å². The molecule has 1 aromatic carbocycles. The third-order valence-corrected chi connectivity index (χ3v) is 3.23. The number of aromatic nitrogens is 3.